The Balaban J connectivity index is 1.74. The standard InChI is InChI=1S/C12H21NO3/c14-11-1-5-13(6-2-11)12(15)9-10-3-7-16-8-4-10/h10-11,14H,1-9H2. The molecule has 2 aliphatic rings. The second-order valence-corrected chi connectivity index (χ2v) is 4.87. The summed E-state index contributed by atoms with van der Waals surface area (Å²) in [5.41, 5.74) is 0. The average molecular weight is 227 g/mol. The monoisotopic (exact) mass is 227 g/mol. The first kappa shape index (κ1) is 11.9. The van der Waals surface area contributed by atoms with Crippen LogP contribution in [0.4, 0.5) is 0 Å². The van der Waals surface area contributed by atoms with Gasteiger partial charge in [-0.05, 0) is 31.6 Å². The van der Waals surface area contributed by atoms with Gasteiger partial charge in [-0.25, -0.2) is 0 Å². The van der Waals surface area contributed by atoms with Crippen molar-refractivity contribution in [1.82, 2.24) is 4.90 Å². The van der Waals surface area contributed by atoms with Gasteiger partial charge in [-0.2, -0.15) is 0 Å². The molecule has 4 heteroatoms. The first-order valence-electron chi connectivity index (χ1n) is 6.29. The summed E-state index contributed by atoms with van der Waals surface area (Å²) in [6, 6.07) is 0. The van der Waals surface area contributed by atoms with Crippen molar-refractivity contribution >= 4 is 5.91 Å². The molecule has 2 rings (SSSR count). The Morgan fingerprint density at radius 1 is 1.19 bits per heavy atom. The molecule has 0 bridgehead atoms. The summed E-state index contributed by atoms with van der Waals surface area (Å²) in [5, 5.41) is 9.38. The predicted molar refractivity (Wildman–Crippen MR) is 60.0 cm³/mol. The lowest BCUT2D eigenvalue weighted by Crippen LogP contribution is -2.41. The molecule has 1 N–H and O–H groups in total. The molecule has 0 unspecified atom stereocenters. The maximum atomic E-state index is 12.0. The third kappa shape index (κ3) is 3.19. The number of nitrogens with zero attached hydrogens (tertiary/aromatic N) is 1. The van der Waals surface area contributed by atoms with Crippen LogP contribution in [0.3, 0.4) is 0 Å². The third-order valence-electron chi connectivity index (χ3n) is 3.62. The largest absolute Gasteiger partial charge is 0.393 e. The Morgan fingerprint density at radius 2 is 1.81 bits per heavy atom. The molecule has 0 aromatic rings. The second-order valence-electron chi connectivity index (χ2n) is 4.87. The second kappa shape index (κ2) is 5.64. The lowest BCUT2D eigenvalue weighted by molar-refractivity contribution is -0.134. The fourth-order valence-electron chi connectivity index (χ4n) is 2.44. The molecular formula is C12H21NO3. The molecule has 2 saturated heterocycles. The Morgan fingerprint density at radius 3 is 2.44 bits per heavy atom. The lowest BCUT2D eigenvalue weighted by Gasteiger charge is -2.31. The van der Waals surface area contributed by atoms with E-state index in [2.05, 4.69) is 0 Å². The molecule has 0 aromatic carbocycles. The van der Waals surface area contributed by atoms with Gasteiger partial charge in [0.1, 0.15) is 0 Å². The van der Waals surface area contributed by atoms with Gasteiger partial charge in [0, 0.05) is 32.7 Å². The number of carbonyl (C=O) groups is 1. The quantitative estimate of drug-likeness (QED) is 0.758. The van der Waals surface area contributed by atoms with Crippen LogP contribution >= 0.6 is 0 Å². The van der Waals surface area contributed by atoms with Gasteiger partial charge >= 0.3 is 0 Å². The molecule has 16 heavy (non-hydrogen) atoms. The summed E-state index contributed by atoms with van der Waals surface area (Å²) in [6.45, 7) is 3.06. The van der Waals surface area contributed by atoms with Gasteiger partial charge < -0.3 is 14.7 Å². The van der Waals surface area contributed by atoms with Crippen molar-refractivity contribution < 1.29 is 14.6 Å². The van der Waals surface area contributed by atoms with Crippen molar-refractivity contribution in [2.24, 2.45) is 5.92 Å². The van der Waals surface area contributed by atoms with Gasteiger partial charge in [-0.3, -0.25) is 4.79 Å². The maximum absolute atomic E-state index is 12.0. The smallest absolute Gasteiger partial charge is 0.222 e. The molecule has 0 radical (unpaired) electrons. The highest BCUT2D eigenvalue weighted by Gasteiger charge is 2.24. The van der Waals surface area contributed by atoms with E-state index in [0.717, 1.165) is 52.0 Å². The Kier molecular flexibility index (Phi) is 4.18. The molecule has 2 heterocycles. The van der Waals surface area contributed by atoms with E-state index in [-0.39, 0.29) is 12.0 Å². The third-order valence-corrected chi connectivity index (χ3v) is 3.62. The van der Waals surface area contributed by atoms with E-state index in [9.17, 15) is 9.90 Å². The molecule has 0 saturated carbocycles. The molecule has 1 amide bonds. The minimum Gasteiger partial charge on any atom is -0.393 e. The van der Waals surface area contributed by atoms with Crippen LogP contribution in [0.25, 0.3) is 0 Å². The molecular weight excluding hydrogens is 206 g/mol. The van der Waals surface area contributed by atoms with E-state index in [1.807, 2.05) is 4.90 Å². The first-order chi connectivity index (χ1) is 7.75. The van der Waals surface area contributed by atoms with E-state index >= 15 is 0 Å². The van der Waals surface area contributed by atoms with Crippen molar-refractivity contribution in [2.45, 2.75) is 38.2 Å². The van der Waals surface area contributed by atoms with Gasteiger partial charge in [0.25, 0.3) is 0 Å². The lowest BCUT2D eigenvalue weighted by atomic mass is 9.95. The maximum Gasteiger partial charge on any atom is 0.222 e. The molecule has 2 fully saturated rings. The molecule has 0 atom stereocenters. The SMILES string of the molecule is O=C(CC1CCOCC1)N1CCC(O)CC1. The molecule has 92 valence electrons. The zero-order valence-corrected chi connectivity index (χ0v) is 9.73. The fourth-order valence-corrected chi connectivity index (χ4v) is 2.44. The molecule has 4 nitrogen and oxygen atoms in total. The number of hydrogen-bond donors (Lipinski definition) is 1. The van der Waals surface area contributed by atoms with Gasteiger partial charge in [-0.15, -0.1) is 0 Å². The van der Waals surface area contributed by atoms with Crippen LogP contribution in [0, 0.1) is 5.92 Å². The van der Waals surface area contributed by atoms with Crippen LogP contribution in [-0.2, 0) is 9.53 Å². The van der Waals surface area contributed by atoms with Crippen molar-refractivity contribution in [3.05, 3.63) is 0 Å². The van der Waals surface area contributed by atoms with Crippen LogP contribution in [0.5, 0.6) is 0 Å². The normalized spacial score (nSPS) is 24.7. The van der Waals surface area contributed by atoms with Crippen molar-refractivity contribution in [3.8, 4) is 0 Å². The molecule has 0 spiro atoms. The minimum atomic E-state index is -0.202. The predicted octanol–water partition coefficient (Wildman–Crippen LogP) is 0.786. The first-order valence-corrected chi connectivity index (χ1v) is 6.29. The highest BCUT2D eigenvalue weighted by atomic mass is 16.5. The highest BCUT2D eigenvalue weighted by molar-refractivity contribution is 5.76. The Bertz CT molecular complexity index is 230. The van der Waals surface area contributed by atoms with Gasteiger partial charge in [0.15, 0.2) is 0 Å². The van der Waals surface area contributed by atoms with Crippen LogP contribution in [0.1, 0.15) is 32.1 Å². The average Bonchev–Trinajstić information content (AvgIpc) is 2.31. The Hall–Kier alpha value is -0.610. The van der Waals surface area contributed by atoms with E-state index in [0.29, 0.717) is 12.3 Å². The van der Waals surface area contributed by atoms with Crippen LogP contribution in [-0.4, -0.2) is 48.3 Å². The van der Waals surface area contributed by atoms with Crippen molar-refractivity contribution in [1.29, 1.82) is 0 Å². The number of ether oxygens (including phenoxy) is 1. The van der Waals surface area contributed by atoms with Crippen LogP contribution in [0.15, 0.2) is 0 Å². The summed E-state index contributed by atoms with van der Waals surface area (Å²) in [5.74, 6) is 0.770. The topological polar surface area (TPSA) is 49.8 Å². The van der Waals surface area contributed by atoms with Crippen LogP contribution in [0.2, 0.25) is 0 Å². The van der Waals surface area contributed by atoms with Gasteiger partial charge in [-0.1, -0.05) is 0 Å². The molecule has 2 aliphatic heterocycles. The summed E-state index contributed by atoms with van der Waals surface area (Å²) in [6.07, 6.45) is 3.97. The number of aliphatic hydroxyl groups excluding tert-OH is 1. The van der Waals surface area contributed by atoms with Gasteiger partial charge in [0.05, 0.1) is 6.10 Å². The number of aliphatic hydroxyl groups is 1. The highest BCUT2D eigenvalue weighted by Crippen LogP contribution is 2.20. The molecule has 0 aromatic heterocycles. The van der Waals surface area contributed by atoms with Crippen molar-refractivity contribution in [2.75, 3.05) is 26.3 Å². The zero-order chi connectivity index (χ0) is 11.4. The summed E-state index contributed by atoms with van der Waals surface area (Å²) in [4.78, 5) is 13.9. The number of carbonyl (C=O) groups excluding carboxylic acids is 1. The number of amides is 1. The van der Waals surface area contributed by atoms with Crippen LogP contribution < -0.4 is 0 Å². The number of rotatable bonds is 2. The summed E-state index contributed by atoms with van der Waals surface area (Å²) in [7, 11) is 0. The van der Waals surface area contributed by atoms with E-state index in [1.54, 1.807) is 0 Å². The number of likely N-dealkylation sites (tertiary alicyclic amines) is 1. The van der Waals surface area contributed by atoms with E-state index in [4.69, 9.17) is 4.74 Å². The van der Waals surface area contributed by atoms with E-state index < -0.39 is 0 Å². The molecule has 0 aliphatic carbocycles. The Labute approximate surface area is 96.6 Å². The minimum absolute atomic E-state index is 0.202. The van der Waals surface area contributed by atoms with Gasteiger partial charge in [0.2, 0.25) is 5.91 Å². The fraction of sp³-hybridized carbons (Fsp3) is 0.917. The number of hydrogen-bond acceptors (Lipinski definition) is 3. The summed E-state index contributed by atoms with van der Waals surface area (Å²) < 4.78 is 5.28. The number of piperidine rings is 1. The van der Waals surface area contributed by atoms with Crippen molar-refractivity contribution in [3.63, 3.8) is 0 Å². The van der Waals surface area contributed by atoms with E-state index in [1.165, 1.54) is 0 Å². The zero-order valence-electron chi connectivity index (χ0n) is 9.73. The summed E-state index contributed by atoms with van der Waals surface area (Å²) >= 11 is 0.